The number of hydrogen-bond donors (Lipinski definition) is 1. The first kappa shape index (κ1) is 36.8. The number of hydrogen-bond acceptors (Lipinski definition) is 5. The van der Waals surface area contributed by atoms with Crippen molar-refractivity contribution in [1.29, 1.82) is 0 Å². The molecule has 4 nitrogen and oxygen atoms in total. The van der Waals surface area contributed by atoms with E-state index in [2.05, 4.69) is 191 Å². The van der Waals surface area contributed by atoms with Crippen molar-refractivity contribution in [3.63, 3.8) is 0 Å². The van der Waals surface area contributed by atoms with Gasteiger partial charge in [0.1, 0.15) is 0 Å². The van der Waals surface area contributed by atoms with Gasteiger partial charge in [-0.3, -0.25) is 9.97 Å². The van der Waals surface area contributed by atoms with Crippen molar-refractivity contribution in [2.75, 3.05) is 0 Å². The van der Waals surface area contributed by atoms with Gasteiger partial charge in [0.05, 0.1) is 39.8 Å². The monoisotopic (exact) mass is 834 g/mol. The highest BCUT2D eigenvalue weighted by atomic mass is 32.2. The molecule has 2 aliphatic heterocycles. The summed E-state index contributed by atoms with van der Waals surface area (Å²) in [4.78, 5) is 17.4. The standard InChI is InChI=1S/C59H38N4S/c1-3-18-45-42(16-1)57-48(59(45)46-19-4-7-24-54(46)64-55-25-8-5-20-47(55)59)31-30-44-56(57)43-17-2-6-21-49(43)63-58(44)40-15-13-14-39(34-40)37-26-28-38(29-27-37)41-35-52(50-22-9-11-32-60-50)62-53(36-41)51-23-10-12-33-61-51/h1-36,52,62H. The van der Waals surface area contributed by atoms with Crippen LogP contribution in [0.2, 0.25) is 0 Å². The van der Waals surface area contributed by atoms with Gasteiger partial charge in [-0.05, 0) is 116 Å². The van der Waals surface area contributed by atoms with Gasteiger partial charge in [-0.15, -0.1) is 0 Å². The molecule has 13 rings (SSSR count). The minimum absolute atomic E-state index is 0.0904. The Balaban J connectivity index is 0.951. The van der Waals surface area contributed by atoms with E-state index in [1.807, 2.05) is 54.5 Å². The average molecular weight is 835 g/mol. The van der Waals surface area contributed by atoms with E-state index >= 15 is 0 Å². The van der Waals surface area contributed by atoms with Crippen LogP contribution in [0.1, 0.15) is 45.2 Å². The third-order valence-corrected chi connectivity index (χ3v) is 14.4. The molecule has 0 saturated heterocycles. The summed E-state index contributed by atoms with van der Waals surface area (Å²) >= 11 is 1.88. The minimum Gasteiger partial charge on any atom is -0.371 e. The van der Waals surface area contributed by atoms with Crippen LogP contribution in [-0.2, 0) is 5.41 Å². The highest BCUT2D eigenvalue weighted by Gasteiger charge is 2.50. The molecule has 1 spiro atoms. The molecule has 0 bridgehead atoms. The lowest BCUT2D eigenvalue weighted by molar-refractivity contribution is 0.723. The number of nitrogens with one attached hydrogen (secondary N) is 1. The van der Waals surface area contributed by atoms with Crippen LogP contribution < -0.4 is 5.32 Å². The summed E-state index contributed by atoms with van der Waals surface area (Å²) in [5, 5.41) is 7.24. The second-order valence-electron chi connectivity index (χ2n) is 16.7. The zero-order chi connectivity index (χ0) is 42.2. The molecule has 5 heteroatoms. The zero-order valence-electron chi connectivity index (χ0n) is 34.6. The Kier molecular flexibility index (Phi) is 8.40. The Morgan fingerprint density at radius 3 is 1.97 bits per heavy atom. The molecular formula is C59H38N4S. The fourth-order valence-electron chi connectivity index (χ4n) is 10.5. The second-order valence-corrected chi connectivity index (χ2v) is 17.8. The molecule has 0 amide bonds. The second kappa shape index (κ2) is 14.6. The SMILES string of the molecule is C1=C(c2ccc(-c3cccc(-c4nc5ccccc5c5c6c(ccc45)C4(c5ccccc5Sc5ccccc54)c4ccccc4-6)c3)cc2)C=C(c2ccccn2)NC1c1ccccn1. The van der Waals surface area contributed by atoms with Gasteiger partial charge in [0.15, 0.2) is 0 Å². The summed E-state index contributed by atoms with van der Waals surface area (Å²) in [6.45, 7) is 0. The van der Waals surface area contributed by atoms with Gasteiger partial charge in [0, 0.05) is 43.9 Å². The average Bonchev–Trinajstić information content (AvgIpc) is 3.67. The Labute approximate surface area is 375 Å². The maximum absolute atomic E-state index is 5.47. The molecule has 1 atom stereocenters. The van der Waals surface area contributed by atoms with Crippen molar-refractivity contribution < 1.29 is 0 Å². The molecule has 7 aromatic carbocycles. The Bertz CT molecular complexity index is 3510. The number of para-hydroxylation sites is 1. The van der Waals surface area contributed by atoms with Gasteiger partial charge < -0.3 is 5.32 Å². The summed E-state index contributed by atoms with van der Waals surface area (Å²) in [5.74, 6) is 0. The summed E-state index contributed by atoms with van der Waals surface area (Å²) in [5.41, 5.74) is 17.9. The van der Waals surface area contributed by atoms with Crippen LogP contribution in [0.3, 0.4) is 0 Å². The third-order valence-electron chi connectivity index (χ3n) is 13.3. The van der Waals surface area contributed by atoms with Gasteiger partial charge in [-0.25, -0.2) is 4.98 Å². The smallest absolute Gasteiger partial charge is 0.0879 e. The van der Waals surface area contributed by atoms with E-state index in [0.29, 0.717) is 0 Å². The Morgan fingerprint density at radius 1 is 0.500 bits per heavy atom. The van der Waals surface area contributed by atoms with E-state index in [-0.39, 0.29) is 6.04 Å². The predicted octanol–water partition coefficient (Wildman–Crippen LogP) is 14.1. The first-order valence-electron chi connectivity index (χ1n) is 21.8. The van der Waals surface area contributed by atoms with Crippen molar-refractivity contribution >= 4 is 44.7 Å². The van der Waals surface area contributed by atoms with E-state index in [9.17, 15) is 0 Å². The number of pyridine rings is 3. The van der Waals surface area contributed by atoms with Crippen LogP contribution in [0.15, 0.2) is 228 Å². The van der Waals surface area contributed by atoms with E-state index in [1.165, 1.54) is 53.9 Å². The molecular weight excluding hydrogens is 797 g/mol. The maximum atomic E-state index is 5.47. The van der Waals surface area contributed by atoms with Gasteiger partial charge in [0.2, 0.25) is 0 Å². The van der Waals surface area contributed by atoms with Gasteiger partial charge in [-0.2, -0.15) is 0 Å². The Morgan fingerprint density at radius 2 is 1.19 bits per heavy atom. The quantitative estimate of drug-likeness (QED) is 0.175. The largest absolute Gasteiger partial charge is 0.371 e. The Hall–Kier alpha value is -7.86. The molecule has 3 aromatic heterocycles. The molecule has 3 aliphatic rings. The van der Waals surface area contributed by atoms with Crippen LogP contribution in [0.4, 0.5) is 0 Å². The zero-order valence-corrected chi connectivity index (χ0v) is 35.4. The highest BCUT2D eigenvalue weighted by Crippen LogP contribution is 2.63. The van der Waals surface area contributed by atoms with E-state index in [0.717, 1.165) is 61.5 Å². The number of dihydropyridines is 1. The molecule has 10 aromatic rings. The number of allylic oxidation sites excluding steroid dienone is 2. The first-order chi connectivity index (χ1) is 31.7. The minimum atomic E-state index is -0.450. The number of fused-ring (bicyclic) bond motifs is 13. The number of aromatic nitrogens is 3. The van der Waals surface area contributed by atoms with Crippen LogP contribution in [0, 0.1) is 0 Å². The molecule has 64 heavy (non-hydrogen) atoms. The van der Waals surface area contributed by atoms with E-state index < -0.39 is 5.41 Å². The van der Waals surface area contributed by atoms with Crippen molar-refractivity contribution in [1.82, 2.24) is 20.3 Å². The lowest BCUT2D eigenvalue weighted by Crippen LogP contribution is -2.31. The fourth-order valence-corrected chi connectivity index (χ4v) is 11.7. The van der Waals surface area contributed by atoms with Crippen molar-refractivity contribution in [3.05, 3.63) is 258 Å². The molecule has 0 radical (unpaired) electrons. The van der Waals surface area contributed by atoms with E-state index in [4.69, 9.17) is 4.98 Å². The van der Waals surface area contributed by atoms with Crippen LogP contribution in [0.5, 0.6) is 0 Å². The summed E-state index contributed by atoms with van der Waals surface area (Å²) in [6, 6.07) is 70.3. The van der Waals surface area contributed by atoms with Crippen LogP contribution in [-0.4, -0.2) is 15.0 Å². The summed E-state index contributed by atoms with van der Waals surface area (Å²) < 4.78 is 0. The molecule has 5 heterocycles. The first-order valence-corrected chi connectivity index (χ1v) is 22.6. The van der Waals surface area contributed by atoms with Gasteiger partial charge >= 0.3 is 0 Å². The topological polar surface area (TPSA) is 50.7 Å². The van der Waals surface area contributed by atoms with Gasteiger partial charge in [-0.1, -0.05) is 157 Å². The lowest BCUT2D eigenvalue weighted by atomic mass is 9.67. The molecule has 0 saturated carbocycles. The van der Waals surface area contributed by atoms with Crippen LogP contribution >= 0.6 is 11.8 Å². The van der Waals surface area contributed by atoms with Crippen molar-refractivity contribution in [3.8, 4) is 33.5 Å². The predicted molar refractivity (Wildman–Crippen MR) is 262 cm³/mol. The molecule has 1 unspecified atom stereocenters. The normalized spacial score (nSPS) is 15.4. The number of rotatable bonds is 5. The molecule has 300 valence electrons. The molecule has 1 aliphatic carbocycles. The van der Waals surface area contributed by atoms with Crippen molar-refractivity contribution in [2.45, 2.75) is 21.2 Å². The summed E-state index contributed by atoms with van der Waals surface area (Å²) in [6.07, 6.45) is 8.12. The number of benzene rings is 7. The highest BCUT2D eigenvalue weighted by molar-refractivity contribution is 7.99. The lowest BCUT2D eigenvalue weighted by Gasteiger charge is -2.39. The molecule has 1 N–H and O–H groups in total. The van der Waals surface area contributed by atoms with Gasteiger partial charge in [0.25, 0.3) is 0 Å². The van der Waals surface area contributed by atoms with E-state index in [1.54, 1.807) is 0 Å². The molecule has 0 fully saturated rings. The van der Waals surface area contributed by atoms with Crippen LogP contribution in [0.25, 0.3) is 66.5 Å². The summed E-state index contributed by atoms with van der Waals surface area (Å²) in [7, 11) is 0. The van der Waals surface area contributed by atoms with Crippen molar-refractivity contribution in [2.24, 2.45) is 0 Å². The number of nitrogens with zero attached hydrogens (tertiary/aromatic N) is 3. The third kappa shape index (κ3) is 5.61. The fraction of sp³-hybridized carbons (Fsp3) is 0.0339. The maximum Gasteiger partial charge on any atom is 0.0879 e.